The Morgan fingerprint density at radius 1 is 1.19 bits per heavy atom. The number of rotatable bonds is 10. The summed E-state index contributed by atoms with van der Waals surface area (Å²) < 4.78 is 1.74. The van der Waals surface area contributed by atoms with Gasteiger partial charge in [-0.2, -0.15) is 17.0 Å². The molecule has 0 aliphatic carbocycles. The number of aryl methyl sites for hydroxylation is 1. The van der Waals surface area contributed by atoms with E-state index in [2.05, 4.69) is 26.9 Å². The molecule has 3 rings (SSSR count). The van der Waals surface area contributed by atoms with Gasteiger partial charge in [0.1, 0.15) is 6.33 Å². The first kappa shape index (κ1) is 23.4. The van der Waals surface area contributed by atoms with E-state index in [1.807, 2.05) is 25.2 Å². The molecule has 0 spiro atoms. The Bertz CT molecular complexity index is 1130. The fourth-order valence-electron chi connectivity index (χ4n) is 2.74. The molecule has 0 radical (unpaired) electrons. The van der Waals surface area contributed by atoms with Crippen LogP contribution in [-0.2, 0) is 17.6 Å². The summed E-state index contributed by atoms with van der Waals surface area (Å²) in [6.07, 6.45) is 1.58. The monoisotopic (exact) mass is 466 g/mol. The zero-order chi connectivity index (χ0) is 22.8. The maximum atomic E-state index is 12.4. The van der Waals surface area contributed by atoms with Crippen molar-refractivity contribution in [1.29, 1.82) is 5.26 Å². The molecule has 0 saturated carbocycles. The molecule has 0 aliphatic heterocycles. The summed E-state index contributed by atoms with van der Waals surface area (Å²) in [5.41, 5.74) is 2.71. The maximum absolute atomic E-state index is 12.4. The second-order valence-corrected chi connectivity index (χ2v) is 8.77. The third kappa shape index (κ3) is 6.87. The van der Waals surface area contributed by atoms with E-state index >= 15 is 0 Å². The van der Waals surface area contributed by atoms with Crippen LogP contribution >= 0.6 is 23.5 Å². The number of anilines is 1. The lowest BCUT2D eigenvalue weighted by Crippen LogP contribution is -2.26. The molecule has 32 heavy (non-hydrogen) atoms. The summed E-state index contributed by atoms with van der Waals surface area (Å²) in [6, 6.07) is 16.5. The van der Waals surface area contributed by atoms with Gasteiger partial charge in [-0.3, -0.25) is 9.59 Å². The zero-order valence-corrected chi connectivity index (χ0v) is 19.1. The van der Waals surface area contributed by atoms with Gasteiger partial charge in [-0.1, -0.05) is 36.0 Å². The Balaban J connectivity index is 1.42. The Labute approximate surface area is 194 Å². The molecular formula is C22H22N6O2S2. The first-order valence-electron chi connectivity index (χ1n) is 9.77. The number of aromatic nitrogens is 3. The molecular weight excluding hydrogens is 444 g/mol. The number of benzene rings is 2. The normalized spacial score (nSPS) is 10.4. The van der Waals surface area contributed by atoms with Gasteiger partial charge in [0.2, 0.25) is 5.91 Å². The van der Waals surface area contributed by atoms with E-state index in [1.54, 1.807) is 53.0 Å². The molecule has 8 nitrogen and oxygen atoms in total. The minimum Gasteiger partial charge on any atom is -0.351 e. The van der Waals surface area contributed by atoms with Crippen molar-refractivity contribution in [3.8, 4) is 6.07 Å². The lowest BCUT2D eigenvalue weighted by atomic mass is 10.1. The van der Waals surface area contributed by atoms with Crippen molar-refractivity contribution in [3.63, 3.8) is 0 Å². The SMILES string of the molecule is Cn1cnnc1SCC(=O)Nc1cccc(C(=O)NCCSCc2ccccc2C#N)c1. The summed E-state index contributed by atoms with van der Waals surface area (Å²) >= 11 is 2.94. The third-order valence-electron chi connectivity index (χ3n) is 4.34. The lowest BCUT2D eigenvalue weighted by Gasteiger charge is -2.09. The van der Waals surface area contributed by atoms with Crippen molar-refractivity contribution >= 4 is 41.0 Å². The van der Waals surface area contributed by atoms with Gasteiger partial charge in [0.05, 0.1) is 17.4 Å². The summed E-state index contributed by atoms with van der Waals surface area (Å²) in [4.78, 5) is 24.6. The molecule has 164 valence electrons. The van der Waals surface area contributed by atoms with E-state index < -0.39 is 0 Å². The number of hydrogen-bond acceptors (Lipinski definition) is 7. The van der Waals surface area contributed by atoms with Gasteiger partial charge in [0.15, 0.2) is 5.16 Å². The molecule has 2 amide bonds. The minimum absolute atomic E-state index is 0.190. The molecule has 0 aliphatic rings. The second kappa shape index (κ2) is 11.9. The standard InChI is InChI=1S/C22H22N6O2S2/c1-28-15-25-27-22(28)32-14-20(29)26-19-8-4-7-16(11-19)21(30)24-9-10-31-13-18-6-3-2-5-17(18)12-23/h2-8,11,15H,9-10,13-14H2,1H3,(H,24,30)(H,26,29). The van der Waals surface area contributed by atoms with Gasteiger partial charge in [-0.15, -0.1) is 10.2 Å². The average molecular weight is 467 g/mol. The molecule has 0 atom stereocenters. The van der Waals surface area contributed by atoms with Gasteiger partial charge in [-0.05, 0) is 29.8 Å². The molecule has 0 unspecified atom stereocenters. The van der Waals surface area contributed by atoms with Crippen LogP contribution in [0.1, 0.15) is 21.5 Å². The molecule has 0 saturated heterocycles. The number of hydrogen-bond donors (Lipinski definition) is 2. The molecule has 0 fully saturated rings. The topological polar surface area (TPSA) is 113 Å². The Morgan fingerprint density at radius 3 is 2.81 bits per heavy atom. The molecule has 0 bridgehead atoms. The van der Waals surface area contributed by atoms with Gasteiger partial charge < -0.3 is 15.2 Å². The van der Waals surface area contributed by atoms with E-state index in [9.17, 15) is 9.59 Å². The predicted octanol–water partition coefficient (Wildman–Crippen LogP) is 3.08. The summed E-state index contributed by atoms with van der Waals surface area (Å²) in [7, 11) is 1.81. The Morgan fingerprint density at radius 2 is 2.03 bits per heavy atom. The van der Waals surface area contributed by atoms with E-state index in [-0.39, 0.29) is 17.6 Å². The number of carbonyl (C=O) groups excluding carboxylic acids is 2. The van der Waals surface area contributed by atoms with Crippen LogP contribution in [0.15, 0.2) is 60.0 Å². The molecule has 2 aromatic carbocycles. The lowest BCUT2D eigenvalue weighted by molar-refractivity contribution is -0.113. The third-order valence-corrected chi connectivity index (χ3v) is 6.38. The number of nitrogens with one attached hydrogen (secondary N) is 2. The largest absolute Gasteiger partial charge is 0.351 e. The van der Waals surface area contributed by atoms with Crippen molar-refractivity contribution in [2.75, 3.05) is 23.4 Å². The number of nitriles is 1. The highest BCUT2D eigenvalue weighted by Gasteiger charge is 2.10. The highest BCUT2D eigenvalue weighted by molar-refractivity contribution is 7.99. The minimum atomic E-state index is -0.201. The zero-order valence-electron chi connectivity index (χ0n) is 17.4. The Kier molecular flexibility index (Phi) is 8.71. The van der Waals surface area contributed by atoms with Crippen molar-refractivity contribution in [2.24, 2.45) is 7.05 Å². The molecule has 10 heteroatoms. The van der Waals surface area contributed by atoms with Crippen LogP contribution in [-0.4, -0.2) is 44.6 Å². The number of thioether (sulfide) groups is 2. The quantitative estimate of drug-likeness (QED) is 0.349. The van der Waals surface area contributed by atoms with Gasteiger partial charge in [-0.25, -0.2) is 0 Å². The number of amides is 2. The molecule has 1 heterocycles. The van der Waals surface area contributed by atoms with E-state index in [1.165, 1.54) is 11.8 Å². The fourth-order valence-corrected chi connectivity index (χ4v) is 4.30. The fraction of sp³-hybridized carbons (Fsp3) is 0.227. The van der Waals surface area contributed by atoms with Crippen LogP contribution in [0.25, 0.3) is 0 Å². The van der Waals surface area contributed by atoms with Crippen LogP contribution in [0.4, 0.5) is 5.69 Å². The molecule has 1 aromatic heterocycles. The van der Waals surface area contributed by atoms with Crippen LogP contribution in [0.2, 0.25) is 0 Å². The van der Waals surface area contributed by atoms with Gasteiger partial charge in [0, 0.05) is 36.3 Å². The van der Waals surface area contributed by atoms with Crippen LogP contribution < -0.4 is 10.6 Å². The van der Waals surface area contributed by atoms with Crippen molar-refractivity contribution in [2.45, 2.75) is 10.9 Å². The molecule has 3 aromatic rings. The number of carbonyl (C=O) groups is 2. The summed E-state index contributed by atoms with van der Waals surface area (Å²) in [6.45, 7) is 0.503. The second-order valence-electron chi connectivity index (χ2n) is 6.72. The highest BCUT2D eigenvalue weighted by Crippen LogP contribution is 2.17. The first-order chi connectivity index (χ1) is 15.6. The van der Waals surface area contributed by atoms with Gasteiger partial charge in [0.25, 0.3) is 5.91 Å². The van der Waals surface area contributed by atoms with Crippen molar-refractivity contribution < 1.29 is 9.59 Å². The predicted molar refractivity (Wildman–Crippen MR) is 126 cm³/mol. The first-order valence-corrected chi connectivity index (χ1v) is 11.9. The van der Waals surface area contributed by atoms with Crippen LogP contribution in [0.3, 0.4) is 0 Å². The van der Waals surface area contributed by atoms with E-state index in [0.29, 0.717) is 34.3 Å². The van der Waals surface area contributed by atoms with Crippen molar-refractivity contribution in [1.82, 2.24) is 20.1 Å². The van der Waals surface area contributed by atoms with E-state index in [0.717, 1.165) is 11.3 Å². The Hall–Kier alpha value is -3.29. The maximum Gasteiger partial charge on any atom is 0.251 e. The van der Waals surface area contributed by atoms with Crippen molar-refractivity contribution in [3.05, 3.63) is 71.5 Å². The summed E-state index contributed by atoms with van der Waals surface area (Å²) in [5.74, 6) is 1.24. The highest BCUT2D eigenvalue weighted by atomic mass is 32.2. The van der Waals surface area contributed by atoms with Crippen LogP contribution in [0, 0.1) is 11.3 Å². The van der Waals surface area contributed by atoms with Crippen LogP contribution in [0.5, 0.6) is 0 Å². The summed E-state index contributed by atoms with van der Waals surface area (Å²) in [5, 5.41) is 23.2. The number of nitrogens with zero attached hydrogens (tertiary/aromatic N) is 4. The average Bonchev–Trinajstić information content (AvgIpc) is 3.22. The smallest absolute Gasteiger partial charge is 0.251 e. The molecule has 2 N–H and O–H groups in total. The van der Waals surface area contributed by atoms with E-state index in [4.69, 9.17) is 5.26 Å². The van der Waals surface area contributed by atoms with Gasteiger partial charge >= 0.3 is 0 Å².